The molecule has 1 aliphatic carbocycles. The summed E-state index contributed by atoms with van der Waals surface area (Å²) in [4.78, 5) is 4.64. The van der Waals surface area contributed by atoms with Crippen LogP contribution in [0.1, 0.15) is 24.0 Å². The largest absolute Gasteiger partial charge is 0.334 e. The maximum Gasteiger partial charge on any atom is 0.258 e. The van der Waals surface area contributed by atoms with Gasteiger partial charge in [-0.05, 0) is 43.0 Å². The zero-order valence-electron chi connectivity index (χ0n) is 14.8. The van der Waals surface area contributed by atoms with Crippen LogP contribution >= 0.6 is 0 Å². The predicted molar refractivity (Wildman–Crippen MR) is 101 cm³/mol. The van der Waals surface area contributed by atoms with Crippen molar-refractivity contribution in [3.8, 4) is 22.8 Å². The topological polar surface area (TPSA) is 111 Å². The van der Waals surface area contributed by atoms with Crippen LogP contribution in [-0.2, 0) is 16.6 Å². The second kappa shape index (κ2) is 6.88. The molecule has 0 radical (unpaired) electrons. The molecule has 27 heavy (non-hydrogen) atoms. The summed E-state index contributed by atoms with van der Waals surface area (Å²) in [5.74, 6) is 0.728. The second-order valence-corrected chi connectivity index (χ2v) is 8.41. The van der Waals surface area contributed by atoms with Gasteiger partial charge >= 0.3 is 0 Å². The van der Waals surface area contributed by atoms with E-state index >= 15 is 0 Å². The smallest absolute Gasteiger partial charge is 0.258 e. The number of aryl methyl sites for hydroxylation is 1. The molecule has 8 heteroatoms. The average Bonchev–Trinajstić information content (AvgIpc) is 3.33. The zero-order chi connectivity index (χ0) is 19.0. The van der Waals surface area contributed by atoms with Crippen LogP contribution in [0, 0.1) is 6.92 Å². The van der Waals surface area contributed by atoms with E-state index in [0.29, 0.717) is 17.9 Å². The van der Waals surface area contributed by atoms with Crippen LogP contribution in [0.3, 0.4) is 0 Å². The van der Waals surface area contributed by atoms with Crippen LogP contribution in [0.4, 0.5) is 0 Å². The third kappa shape index (κ3) is 3.78. The molecule has 0 unspecified atom stereocenters. The molecule has 1 saturated carbocycles. The maximum atomic E-state index is 12.5. The molecule has 4 rings (SSSR count). The number of sulfonamides is 1. The van der Waals surface area contributed by atoms with E-state index in [2.05, 4.69) is 14.9 Å². The molecule has 1 heterocycles. The van der Waals surface area contributed by atoms with Crippen LogP contribution in [0.25, 0.3) is 22.8 Å². The Morgan fingerprint density at radius 2 is 1.93 bits per heavy atom. The zero-order valence-corrected chi connectivity index (χ0v) is 15.7. The minimum absolute atomic E-state index is 0.0475. The van der Waals surface area contributed by atoms with Gasteiger partial charge in [0.25, 0.3) is 5.89 Å². The van der Waals surface area contributed by atoms with Gasteiger partial charge in [0.15, 0.2) is 0 Å². The van der Waals surface area contributed by atoms with E-state index in [9.17, 15) is 8.42 Å². The van der Waals surface area contributed by atoms with E-state index in [4.69, 9.17) is 10.3 Å². The van der Waals surface area contributed by atoms with Gasteiger partial charge in [-0.3, -0.25) is 0 Å². The molecule has 0 amide bonds. The van der Waals surface area contributed by atoms with Crippen molar-refractivity contribution >= 4 is 10.0 Å². The lowest BCUT2D eigenvalue weighted by molar-refractivity contribution is 0.432. The summed E-state index contributed by atoms with van der Waals surface area (Å²) in [5, 5.41) is 4.03. The van der Waals surface area contributed by atoms with Gasteiger partial charge in [-0.1, -0.05) is 35.5 Å². The van der Waals surface area contributed by atoms with E-state index in [0.717, 1.165) is 29.5 Å². The monoisotopic (exact) mass is 384 g/mol. The highest BCUT2D eigenvalue weighted by Crippen LogP contribution is 2.28. The Balaban J connectivity index is 1.67. The molecular weight excluding hydrogens is 364 g/mol. The van der Waals surface area contributed by atoms with Crippen molar-refractivity contribution in [3.63, 3.8) is 0 Å². The highest BCUT2D eigenvalue weighted by Gasteiger charge is 2.28. The number of benzene rings is 2. The lowest BCUT2D eigenvalue weighted by Gasteiger charge is -2.08. The minimum Gasteiger partial charge on any atom is -0.334 e. The fourth-order valence-corrected chi connectivity index (χ4v) is 4.06. The maximum absolute atomic E-state index is 12.5. The van der Waals surface area contributed by atoms with Crippen LogP contribution in [-0.4, -0.2) is 24.6 Å². The van der Waals surface area contributed by atoms with E-state index in [1.54, 1.807) is 18.2 Å². The van der Waals surface area contributed by atoms with Gasteiger partial charge in [0.2, 0.25) is 15.8 Å². The van der Waals surface area contributed by atoms with Crippen LogP contribution in [0.2, 0.25) is 0 Å². The summed E-state index contributed by atoms with van der Waals surface area (Å²) in [6.45, 7) is 2.34. The molecule has 2 aromatic carbocycles. The fourth-order valence-electron chi connectivity index (χ4n) is 2.73. The number of aromatic nitrogens is 2. The molecule has 0 atom stereocenters. The van der Waals surface area contributed by atoms with Gasteiger partial charge in [0, 0.05) is 23.7 Å². The Morgan fingerprint density at radius 3 is 2.59 bits per heavy atom. The van der Waals surface area contributed by atoms with Crippen LogP contribution in [0.15, 0.2) is 51.9 Å². The Hall–Kier alpha value is -2.55. The average molecular weight is 384 g/mol. The standard InChI is InChI=1S/C19H20N4O3S/c1-12-2-9-16(27(24,25)23-15-7-8-15)10-17(12)19-21-18(22-26-19)14-5-3-13(11-20)4-6-14/h2-6,9-10,15,23H,7-8,11,20H2,1H3. The molecule has 3 N–H and O–H groups in total. The van der Waals surface area contributed by atoms with E-state index in [1.807, 2.05) is 31.2 Å². The second-order valence-electron chi connectivity index (χ2n) is 6.70. The number of nitrogens with one attached hydrogen (secondary N) is 1. The third-order valence-corrected chi connectivity index (χ3v) is 6.04. The number of rotatable bonds is 6. The molecule has 7 nitrogen and oxygen atoms in total. The number of hydrogen-bond acceptors (Lipinski definition) is 6. The molecule has 1 aliphatic rings. The lowest BCUT2D eigenvalue weighted by Crippen LogP contribution is -2.25. The molecule has 0 bridgehead atoms. The number of nitrogens with zero attached hydrogens (tertiary/aromatic N) is 2. The summed E-state index contributed by atoms with van der Waals surface area (Å²) in [6.07, 6.45) is 1.77. The molecule has 0 spiro atoms. The van der Waals surface area contributed by atoms with Crippen LogP contribution < -0.4 is 10.5 Å². The molecule has 1 aromatic heterocycles. The predicted octanol–water partition coefficient (Wildman–Crippen LogP) is 2.61. The normalized spacial score (nSPS) is 14.4. The summed E-state index contributed by atoms with van der Waals surface area (Å²) < 4.78 is 33.0. The first-order chi connectivity index (χ1) is 13.0. The van der Waals surface area contributed by atoms with Crippen molar-refractivity contribution in [1.29, 1.82) is 0 Å². The van der Waals surface area contributed by atoms with Crippen molar-refractivity contribution in [3.05, 3.63) is 53.6 Å². The summed E-state index contributed by atoms with van der Waals surface area (Å²) in [5.41, 5.74) is 8.89. The first-order valence-corrected chi connectivity index (χ1v) is 10.2. The Kier molecular flexibility index (Phi) is 4.55. The van der Waals surface area contributed by atoms with Gasteiger partial charge in [0.1, 0.15) is 0 Å². The van der Waals surface area contributed by atoms with Crippen LogP contribution in [0.5, 0.6) is 0 Å². The Bertz CT molecular complexity index is 1070. The molecule has 0 aliphatic heterocycles. The van der Waals surface area contributed by atoms with Crippen molar-refractivity contribution in [2.24, 2.45) is 5.73 Å². The molecule has 0 saturated heterocycles. The molecule has 1 fully saturated rings. The number of nitrogens with two attached hydrogens (primary N) is 1. The van der Waals surface area contributed by atoms with Gasteiger partial charge in [-0.25, -0.2) is 13.1 Å². The Labute approximate surface area is 157 Å². The fraction of sp³-hybridized carbons (Fsp3) is 0.263. The van der Waals surface area contributed by atoms with Crippen molar-refractivity contribution in [2.45, 2.75) is 37.2 Å². The SMILES string of the molecule is Cc1ccc(S(=O)(=O)NC2CC2)cc1-c1nc(-c2ccc(CN)cc2)no1. The molecule has 3 aromatic rings. The van der Waals surface area contributed by atoms with E-state index < -0.39 is 10.0 Å². The molecular formula is C19H20N4O3S. The molecule has 140 valence electrons. The van der Waals surface area contributed by atoms with Crippen molar-refractivity contribution < 1.29 is 12.9 Å². The minimum atomic E-state index is -3.55. The quantitative estimate of drug-likeness (QED) is 0.676. The Morgan fingerprint density at radius 1 is 1.19 bits per heavy atom. The first-order valence-electron chi connectivity index (χ1n) is 8.73. The van der Waals surface area contributed by atoms with Crippen molar-refractivity contribution in [1.82, 2.24) is 14.9 Å². The van der Waals surface area contributed by atoms with Gasteiger partial charge in [-0.2, -0.15) is 4.98 Å². The highest BCUT2D eigenvalue weighted by molar-refractivity contribution is 7.89. The highest BCUT2D eigenvalue weighted by atomic mass is 32.2. The summed E-state index contributed by atoms with van der Waals surface area (Å²) in [6, 6.07) is 12.5. The number of hydrogen-bond donors (Lipinski definition) is 2. The van der Waals surface area contributed by atoms with E-state index in [-0.39, 0.29) is 16.8 Å². The van der Waals surface area contributed by atoms with Crippen molar-refractivity contribution in [2.75, 3.05) is 0 Å². The summed E-state index contributed by atoms with van der Waals surface area (Å²) >= 11 is 0. The summed E-state index contributed by atoms with van der Waals surface area (Å²) in [7, 11) is -3.55. The lowest BCUT2D eigenvalue weighted by atomic mass is 10.1. The third-order valence-electron chi connectivity index (χ3n) is 4.52. The van der Waals surface area contributed by atoms with E-state index in [1.165, 1.54) is 0 Å². The van der Waals surface area contributed by atoms with Gasteiger partial charge in [-0.15, -0.1) is 0 Å². The van der Waals surface area contributed by atoms with Gasteiger partial charge in [0.05, 0.1) is 4.90 Å². The van der Waals surface area contributed by atoms with Gasteiger partial charge < -0.3 is 10.3 Å². The first kappa shape index (κ1) is 17.8.